The lowest BCUT2D eigenvalue weighted by atomic mass is 10.0. The van der Waals surface area contributed by atoms with Crippen molar-refractivity contribution in [1.82, 2.24) is 9.88 Å². The number of nitrogens with zero attached hydrogens (tertiary/aromatic N) is 2. The zero-order chi connectivity index (χ0) is 24.6. The van der Waals surface area contributed by atoms with Crippen LogP contribution in [0.15, 0.2) is 105 Å². The molecule has 1 unspecified atom stereocenters. The lowest BCUT2D eigenvalue weighted by molar-refractivity contribution is -0.152. The van der Waals surface area contributed by atoms with Gasteiger partial charge in [0, 0.05) is 10.7 Å². The molecule has 0 aliphatic carbocycles. The highest BCUT2D eigenvalue weighted by Gasteiger charge is 2.52. The molecule has 0 spiro atoms. The van der Waals surface area contributed by atoms with E-state index in [0.29, 0.717) is 21.5 Å². The van der Waals surface area contributed by atoms with Crippen LogP contribution in [-0.2, 0) is 14.3 Å². The van der Waals surface area contributed by atoms with Crippen molar-refractivity contribution in [2.45, 2.75) is 22.7 Å². The van der Waals surface area contributed by atoms with E-state index in [9.17, 15) is 9.59 Å². The van der Waals surface area contributed by atoms with Crippen LogP contribution >= 0.6 is 23.5 Å². The van der Waals surface area contributed by atoms with E-state index in [1.807, 2.05) is 84.9 Å². The van der Waals surface area contributed by atoms with Crippen molar-refractivity contribution < 1.29 is 18.7 Å². The molecule has 2 aliphatic heterocycles. The Bertz CT molecular complexity index is 1400. The number of hydrogen-bond donors (Lipinski definition) is 1. The number of carbonyl (C=O) groups is 2. The number of β-lactam (4-membered cyclic amide) rings is 1. The quantitative estimate of drug-likeness (QED) is 0.291. The summed E-state index contributed by atoms with van der Waals surface area (Å²) in [7, 11) is 0. The molecule has 180 valence electrons. The fourth-order valence-electron chi connectivity index (χ4n) is 4.30. The van der Waals surface area contributed by atoms with Gasteiger partial charge in [-0.25, -0.2) is 9.78 Å². The largest absolute Gasteiger partial charge is 0.448 e. The topological polar surface area (TPSA) is 98.7 Å². The highest BCUT2D eigenvalue weighted by Crippen LogP contribution is 2.45. The van der Waals surface area contributed by atoms with Gasteiger partial charge < -0.3 is 14.9 Å². The maximum absolute atomic E-state index is 13.8. The molecule has 0 saturated carbocycles. The second-order valence-electron chi connectivity index (χ2n) is 8.36. The molecule has 4 aromatic rings. The van der Waals surface area contributed by atoms with E-state index < -0.39 is 18.1 Å². The minimum absolute atomic E-state index is 0.203. The number of fused-ring (bicyclic) bond motifs is 2. The molecule has 2 aliphatic rings. The third kappa shape index (κ3) is 4.09. The molecule has 1 aromatic heterocycles. The van der Waals surface area contributed by atoms with Crippen LogP contribution in [0, 0.1) is 0 Å². The number of ether oxygens (including phenoxy) is 1. The van der Waals surface area contributed by atoms with Crippen LogP contribution in [-0.4, -0.2) is 38.9 Å². The number of para-hydroxylation sites is 2. The Morgan fingerprint density at radius 1 is 1.03 bits per heavy atom. The molecule has 6 rings (SSSR count). The summed E-state index contributed by atoms with van der Waals surface area (Å²) in [5.74, 6) is -0.403. The first-order valence-electron chi connectivity index (χ1n) is 11.4. The van der Waals surface area contributed by atoms with Crippen molar-refractivity contribution in [2.75, 3.05) is 5.75 Å². The smallest absolute Gasteiger partial charge is 0.356 e. The molecule has 7 nitrogen and oxygen atoms in total. The Hall–Kier alpha value is -3.53. The van der Waals surface area contributed by atoms with Crippen LogP contribution in [0.2, 0.25) is 0 Å². The number of carbonyl (C=O) groups excluding carboxylic acids is 2. The predicted octanol–water partition coefficient (Wildman–Crippen LogP) is 4.71. The number of benzene rings is 3. The van der Waals surface area contributed by atoms with E-state index in [-0.39, 0.29) is 17.0 Å². The lowest BCUT2D eigenvalue weighted by Gasteiger charge is -2.48. The summed E-state index contributed by atoms with van der Waals surface area (Å²) in [6.07, 6.45) is -0.638. The van der Waals surface area contributed by atoms with Crippen molar-refractivity contribution in [3.05, 3.63) is 107 Å². The summed E-state index contributed by atoms with van der Waals surface area (Å²) in [5, 5.41) is 0.0930. The fraction of sp³-hybridized carbons (Fsp3) is 0.148. The number of thioether (sulfide) groups is 2. The third-order valence-corrected chi connectivity index (χ3v) is 8.50. The lowest BCUT2D eigenvalue weighted by Crippen LogP contribution is -2.68. The Morgan fingerprint density at radius 2 is 1.67 bits per heavy atom. The Balaban J connectivity index is 1.38. The highest BCUT2D eigenvalue weighted by molar-refractivity contribution is 8.06. The van der Waals surface area contributed by atoms with E-state index in [1.54, 1.807) is 0 Å². The van der Waals surface area contributed by atoms with Crippen molar-refractivity contribution in [3.63, 3.8) is 0 Å². The Labute approximate surface area is 215 Å². The van der Waals surface area contributed by atoms with Crippen molar-refractivity contribution in [3.8, 4) is 0 Å². The molecule has 1 saturated heterocycles. The van der Waals surface area contributed by atoms with Gasteiger partial charge in [0.1, 0.15) is 22.6 Å². The van der Waals surface area contributed by atoms with E-state index in [1.165, 1.54) is 28.4 Å². The normalized spacial score (nSPS) is 19.4. The number of amides is 1. The minimum Gasteiger partial charge on any atom is -0.448 e. The zero-order valence-corrected chi connectivity index (χ0v) is 20.6. The molecule has 1 amide bonds. The minimum atomic E-state index is -0.646. The van der Waals surface area contributed by atoms with Crippen LogP contribution in [0.5, 0.6) is 0 Å². The molecule has 2 atom stereocenters. The molecular formula is C27H21N3O4S2. The standard InChI is InChI=1S/C27H21N3O4S2/c28-21-24(31)30-22(20(15-35-25(21)30)36-27-29-18-13-7-8-14-19(18)33-27)26(32)34-23(16-9-3-1-4-10-16)17-11-5-2-6-12-17/h1-14,21,23,25H,15,28H2/t21?,25-/m0/s1. The second kappa shape index (κ2) is 9.50. The van der Waals surface area contributed by atoms with Crippen molar-refractivity contribution >= 4 is 46.5 Å². The van der Waals surface area contributed by atoms with Gasteiger partial charge in [-0.2, -0.15) is 0 Å². The van der Waals surface area contributed by atoms with E-state index >= 15 is 0 Å². The van der Waals surface area contributed by atoms with E-state index in [2.05, 4.69) is 4.98 Å². The summed E-state index contributed by atoms with van der Waals surface area (Å²) in [4.78, 5) is 33.2. The summed E-state index contributed by atoms with van der Waals surface area (Å²) in [6, 6.07) is 25.9. The van der Waals surface area contributed by atoms with Crippen LogP contribution < -0.4 is 5.73 Å². The number of aromatic nitrogens is 1. The molecule has 36 heavy (non-hydrogen) atoms. The van der Waals surface area contributed by atoms with Gasteiger partial charge in [-0.1, -0.05) is 72.8 Å². The molecule has 1 fully saturated rings. The van der Waals surface area contributed by atoms with Crippen LogP contribution in [0.3, 0.4) is 0 Å². The number of oxazole rings is 1. The van der Waals surface area contributed by atoms with E-state index in [4.69, 9.17) is 14.9 Å². The molecule has 0 radical (unpaired) electrons. The summed E-state index contributed by atoms with van der Waals surface area (Å²) >= 11 is 2.75. The Kier molecular flexibility index (Phi) is 6.04. The van der Waals surface area contributed by atoms with Gasteiger partial charge in [0.2, 0.25) is 5.91 Å². The predicted molar refractivity (Wildman–Crippen MR) is 139 cm³/mol. The molecule has 2 N–H and O–H groups in total. The van der Waals surface area contributed by atoms with Crippen molar-refractivity contribution in [2.24, 2.45) is 5.73 Å². The molecule has 3 heterocycles. The van der Waals surface area contributed by atoms with Crippen LogP contribution in [0.1, 0.15) is 17.2 Å². The zero-order valence-electron chi connectivity index (χ0n) is 18.9. The van der Waals surface area contributed by atoms with Crippen LogP contribution in [0.25, 0.3) is 11.1 Å². The molecule has 9 heteroatoms. The van der Waals surface area contributed by atoms with Gasteiger partial charge >= 0.3 is 5.97 Å². The maximum Gasteiger partial charge on any atom is 0.356 e. The van der Waals surface area contributed by atoms with Gasteiger partial charge in [-0.15, -0.1) is 11.8 Å². The average Bonchev–Trinajstić information content (AvgIpc) is 3.34. The number of rotatable bonds is 6. The molecule has 3 aromatic carbocycles. The van der Waals surface area contributed by atoms with Gasteiger partial charge in [-0.05, 0) is 35.0 Å². The summed E-state index contributed by atoms with van der Waals surface area (Å²) in [6.45, 7) is 0. The highest BCUT2D eigenvalue weighted by atomic mass is 32.2. The van der Waals surface area contributed by atoms with Gasteiger partial charge in [0.05, 0.1) is 0 Å². The van der Waals surface area contributed by atoms with Crippen molar-refractivity contribution in [1.29, 1.82) is 0 Å². The number of nitrogens with two attached hydrogens (primary N) is 1. The van der Waals surface area contributed by atoms with Crippen LogP contribution in [0.4, 0.5) is 0 Å². The summed E-state index contributed by atoms with van der Waals surface area (Å²) < 4.78 is 12.0. The summed E-state index contributed by atoms with van der Waals surface area (Å²) in [5.41, 5.74) is 9.29. The number of hydrogen-bond acceptors (Lipinski definition) is 8. The Morgan fingerprint density at radius 3 is 2.33 bits per heavy atom. The molecule has 0 bridgehead atoms. The number of esters is 1. The molecular weight excluding hydrogens is 494 g/mol. The monoisotopic (exact) mass is 515 g/mol. The van der Waals surface area contributed by atoms with Gasteiger partial charge in [-0.3, -0.25) is 9.69 Å². The van der Waals surface area contributed by atoms with E-state index in [0.717, 1.165) is 16.6 Å². The fourth-order valence-corrected chi connectivity index (χ4v) is 6.65. The van der Waals surface area contributed by atoms with Gasteiger partial charge in [0.15, 0.2) is 11.7 Å². The average molecular weight is 516 g/mol. The second-order valence-corrected chi connectivity index (χ2v) is 10.5. The first kappa shape index (κ1) is 22.9. The third-order valence-electron chi connectivity index (χ3n) is 6.08. The first-order valence-corrected chi connectivity index (χ1v) is 13.2. The maximum atomic E-state index is 13.8. The SMILES string of the molecule is NC1C(=O)N2C(C(=O)OC(c3ccccc3)c3ccccc3)=C(Sc3nc4ccccc4o3)CS[C@@H]12. The van der Waals surface area contributed by atoms with Gasteiger partial charge in [0.25, 0.3) is 5.22 Å². The first-order chi connectivity index (χ1) is 17.6.